The standard InChI is InChI=1S/C19H19N3O3S/c1-12-3-7-14(8-4-12)21(11-16(20)23)18-17(24)22(19(25)26-18)15-9-5-13(2)6-10-15/h3-10,18H,11H2,1-2H3,(H2,20,23)/t18-/m0/s1. The summed E-state index contributed by atoms with van der Waals surface area (Å²) in [5.41, 5.74) is 8.64. The lowest BCUT2D eigenvalue weighted by atomic mass is 10.2. The number of rotatable bonds is 5. The minimum atomic E-state index is -0.834. The average Bonchev–Trinajstić information content (AvgIpc) is 2.89. The molecule has 1 aliphatic rings. The number of amides is 3. The van der Waals surface area contributed by atoms with Crippen LogP contribution in [0, 0.1) is 13.8 Å². The quantitative estimate of drug-likeness (QED) is 0.876. The van der Waals surface area contributed by atoms with Crippen molar-refractivity contribution < 1.29 is 14.4 Å². The van der Waals surface area contributed by atoms with Crippen LogP contribution in [0.2, 0.25) is 0 Å². The van der Waals surface area contributed by atoms with E-state index in [4.69, 9.17) is 5.73 Å². The molecule has 0 aliphatic carbocycles. The molecule has 0 unspecified atom stereocenters. The van der Waals surface area contributed by atoms with E-state index in [2.05, 4.69) is 0 Å². The van der Waals surface area contributed by atoms with Crippen LogP contribution in [0.5, 0.6) is 0 Å². The van der Waals surface area contributed by atoms with Crippen LogP contribution in [-0.4, -0.2) is 29.0 Å². The van der Waals surface area contributed by atoms with E-state index in [0.29, 0.717) is 11.4 Å². The zero-order valence-corrected chi connectivity index (χ0v) is 15.3. The number of carbonyl (C=O) groups is 3. The number of primary amides is 1. The molecule has 1 heterocycles. The number of nitrogens with two attached hydrogens (primary N) is 1. The van der Waals surface area contributed by atoms with Gasteiger partial charge in [-0.15, -0.1) is 0 Å². The molecule has 26 heavy (non-hydrogen) atoms. The van der Waals surface area contributed by atoms with Gasteiger partial charge < -0.3 is 10.6 Å². The Morgan fingerprint density at radius 2 is 1.58 bits per heavy atom. The maximum absolute atomic E-state index is 13.0. The van der Waals surface area contributed by atoms with Gasteiger partial charge in [0.1, 0.15) is 0 Å². The molecule has 2 aromatic rings. The van der Waals surface area contributed by atoms with Gasteiger partial charge in [-0.3, -0.25) is 14.4 Å². The Balaban J connectivity index is 1.93. The number of anilines is 2. The summed E-state index contributed by atoms with van der Waals surface area (Å²) in [4.78, 5) is 39.7. The highest BCUT2D eigenvalue weighted by atomic mass is 32.2. The van der Waals surface area contributed by atoms with E-state index in [0.717, 1.165) is 27.8 Å². The molecule has 0 saturated carbocycles. The predicted octanol–water partition coefficient (Wildman–Crippen LogP) is 2.82. The number of hydrogen-bond acceptors (Lipinski definition) is 5. The predicted molar refractivity (Wildman–Crippen MR) is 103 cm³/mol. The maximum Gasteiger partial charge on any atom is 0.295 e. The number of aryl methyl sites for hydroxylation is 2. The molecule has 7 heteroatoms. The molecule has 1 saturated heterocycles. The Labute approximate surface area is 156 Å². The van der Waals surface area contributed by atoms with E-state index >= 15 is 0 Å². The minimum absolute atomic E-state index is 0.151. The summed E-state index contributed by atoms with van der Waals surface area (Å²) < 4.78 is 0. The lowest BCUT2D eigenvalue weighted by Gasteiger charge is -2.27. The Morgan fingerprint density at radius 3 is 2.12 bits per heavy atom. The fourth-order valence-corrected chi connectivity index (χ4v) is 3.76. The number of nitrogens with zero attached hydrogens (tertiary/aromatic N) is 2. The van der Waals surface area contributed by atoms with Gasteiger partial charge in [-0.2, -0.15) is 0 Å². The molecule has 0 aromatic heterocycles. The Kier molecular flexibility index (Phi) is 4.99. The molecule has 0 radical (unpaired) electrons. The first-order valence-electron chi connectivity index (χ1n) is 8.09. The molecule has 1 fully saturated rings. The van der Waals surface area contributed by atoms with Crippen LogP contribution in [0.15, 0.2) is 48.5 Å². The van der Waals surface area contributed by atoms with Crippen molar-refractivity contribution in [3.63, 3.8) is 0 Å². The van der Waals surface area contributed by atoms with Crippen molar-refractivity contribution >= 4 is 40.2 Å². The van der Waals surface area contributed by atoms with Crippen LogP contribution < -0.4 is 15.5 Å². The lowest BCUT2D eigenvalue weighted by Crippen LogP contribution is -2.45. The third kappa shape index (κ3) is 3.57. The van der Waals surface area contributed by atoms with E-state index in [9.17, 15) is 14.4 Å². The van der Waals surface area contributed by atoms with Gasteiger partial charge in [0.2, 0.25) is 5.91 Å². The molecule has 1 aliphatic heterocycles. The summed E-state index contributed by atoms with van der Waals surface area (Å²) in [5.74, 6) is -0.953. The Morgan fingerprint density at radius 1 is 1.04 bits per heavy atom. The molecular weight excluding hydrogens is 350 g/mol. The normalized spacial score (nSPS) is 16.8. The highest BCUT2D eigenvalue weighted by molar-refractivity contribution is 8.16. The first kappa shape index (κ1) is 18.0. The SMILES string of the molecule is Cc1ccc(N2C(=O)S[C@H](N(CC(N)=O)c3ccc(C)cc3)C2=O)cc1. The molecular formula is C19H19N3O3S. The van der Waals surface area contributed by atoms with Crippen molar-refractivity contribution in [2.45, 2.75) is 19.2 Å². The van der Waals surface area contributed by atoms with Gasteiger partial charge >= 0.3 is 0 Å². The number of imide groups is 1. The smallest absolute Gasteiger partial charge is 0.295 e. The second-order valence-corrected chi connectivity index (χ2v) is 7.21. The third-order valence-electron chi connectivity index (χ3n) is 4.09. The molecule has 1 atom stereocenters. The van der Waals surface area contributed by atoms with Crippen molar-refractivity contribution in [3.05, 3.63) is 59.7 Å². The van der Waals surface area contributed by atoms with E-state index in [1.54, 1.807) is 17.0 Å². The van der Waals surface area contributed by atoms with Gasteiger partial charge in [-0.1, -0.05) is 35.4 Å². The van der Waals surface area contributed by atoms with Gasteiger partial charge in [0, 0.05) is 5.69 Å². The Bertz CT molecular complexity index is 849. The summed E-state index contributed by atoms with van der Waals surface area (Å²) in [5, 5.41) is -1.20. The summed E-state index contributed by atoms with van der Waals surface area (Å²) in [6.45, 7) is 3.72. The summed E-state index contributed by atoms with van der Waals surface area (Å²) >= 11 is 0.886. The molecule has 3 amide bonds. The maximum atomic E-state index is 13.0. The van der Waals surface area contributed by atoms with Gasteiger partial charge in [0.15, 0.2) is 5.37 Å². The molecule has 6 nitrogen and oxygen atoms in total. The summed E-state index contributed by atoms with van der Waals surface area (Å²) in [6, 6.07) is 14.5. The number of thioether (sulfide) groups is 1. The highest BCUT2D eigenvalue weighted by Gasteiger charge is 2.44. The zero-order chi connectivity index (χ0) is 18.8. The van der Waals surface area contributed by atoms with Gasteiger partial charge in [-0.05, 0) is 49.9 Å². The first-order valence-corrected chi connectivity index (χ1v) is 8.97. The van der Waals surface area contributed by atoms with Crippen molar-refractivity contribution in [3.8, 4) is 0 Å². The van der Waals surface area contributed by atoms with Crippen LogP contribution in [0.4, 0.5) is 16.2 Å². The molecule has 0 spiro atoms. The number of carbonyl (C=O) groups excluding carboxylic acids is 3. The minimum Gasteiger partial charge on any atom is -0.368 e. The third-order valence-corrected chi connectivity index (χ3v) is 5.16. The fraction of sp³-hybridized carbons (Fsp3) is 0.211. The van der Waals surface area contributed by atoms with E-state index in [1.807, 2.05) is 50.2 Å². The second-order valence-electron chi connectivity index (χ2n) is 6.18. The van der Waals surface area contributed by atoms with Crippen molar-refractivity contribution in [2.75, 3.05) is 16.3 Å². The number of benzene rings is 2. The molecule has 2 N–H and O–H groups in total. The number of hydrogen-bond donors (Lipinski definition) is 1. The zero-order valence-electron chi connectivity index (χ0n) is 14.5. The van der Waals surface area contributed by atoms with Crippen LogP contribution in [0.3, 0.4) is 0 Å². The molecule has 2 aromatic carbocycles. The van der Waals surface area contributed by atoms with E-state index < -0.39 is 11.3 Å². The topological polar surface area (TPSA) is 83.7 Å². The molecule has 134 valence electrons. The van der Waals surface area contributed by atoms with Gasteiger partial charge in [-0.25, -0.2) is 4.90 Å². The first-order chi connectivity index (χ1) is 12.4. The average molecular weight is 369 g/mol. The van der Waals surface area contributed by atoms with Crippen LogP contribution in [0.1, 0.15) is 11.1 Å². The monoisotopic (exact) mass is 369 g/mol. The second kappa shape index (κ2) is 7.21. The van der Waals surface area contributed by atoms with Crippen molar-refractivity contribution in [1.29, 1.82) is 0 Å². The van der Waals surface area contributed by atoms with E-state index in [-0.39, 0.29) is 17.7 Å². The van der Waals surface area contributed by atoms with Crippen molar-refractivity contribution in [2.24, 2.45) is 5.73 Å². The van der Waals surface area contributed by atoms with Crippen LogP contribution >= 0.6 is 11.8 Å². The summed E-state index contributed by atoms with van der Waals surface area (Å²) in [7, 11) is 0. The van der Waals surface area contributed by atoms with Gasteiger partial charge in [0.25, 0.3) is 11.1 Å². The highest BCUT2D eigenvalue weighted by Crippen LogP contribution is 2.35. The molecule has 0 bridgehead atoms. The molecule has 3 rings (SSSR count). The van der Waals surface area contributed by atoms with E-state index in [1.165, 1.54) is 0 Å². The van der Waals surface area contributed by atoms with Crippen LogP contribution in [-0.2, 0) is 9.59 Å². The summed E-state index contributed by atoms with van der Waals surface area (Å²) in [6.07, 6.45) is 0. The van der Waals surface area contributed by atoms with Crippen LogP contribution in [0.25, 0.3) is 0 Å². The van der Waals surface area contributed by atoms with Gasteiger partial charge in [0.05, 0.1) is 12.2 Å². The Hall–Kier alpha value is -2.80. The van der Waals surface area contributed by atoms with Crippen molar-refractivity contribution in [1.82, 2.24) is 0 Å². The largest absolute Gasteiger partial charge is 0.368 e. The lowest BCUT2D eigenvalue weighted by molar-refractivity contribution is -0.117. The fourth-order valence-electron chi connectivity index (χ4n) is 2.74.